The molecule has 0 saturated heterocycles. The first-order valence-electron chi connectivity index (χ1n) is 7.28. The number of aryl methyl sites for hydroxylation is 2. The lowest BCUT2D eigenvalue weighted by Crippen LogP contribution is -2.68. The molecule has 0 bridgehead atoms. The maximum Gasteiger partial charge on any atom is 0.256 e. The van der Waals surface area contributed by atoms with E-state index in [9.17, 15) is 9.90 Å². The van der Waals surface area contributed by atoms with Gasteiger partial charge in [0.25, 0.3) is 5.91 Å². The van der Waals surface area contributed by atoms with E-state index in [1.807, 2.05) is 20.8 Å². The van der Waals surface area contributed by atoms with E-state index in [2.05, 4.69) is 10.5 Å². The molecule has 2 atom stereocenters. The highest BCUT2D eigenvalue weighted by molar-refractivity contribution is 5.96. The van der Waals surface area contributed by atoms with Gasteiger partial charge in [-0.15, -0.1) is 0 Å². The Bertz CT molecular complexity index is 518. The normalized spacial score (nSPS) is 27.2. The van der Waals surface area contributed by atoms with Gasteiger partial charge in [0.05, 0.1) is 17.4 Å². The third kappa shape index (κ3) is 2.58. The number of aromatic nitrogens is 1. The number of nitrogens with one attached hydrogen (secondary N) is 1. The zero-order chi connectivity index (χ0) is 15.8. The minimum atomic E-state index is -0.957. The average Bonchev–Trinajstić information content (AvgIpc) is 2.75. The third-order valence-electron chi connectivity index (χ3n) is 4.70. The molecule has 0 radical (unpaired) electrons. The van der Waals surface area contributed by atoms with Crippen molar-refractivity contribution in [3.8, 4) is 0 Å². The molecule has 1 aliphatic carbocycles. The van der Waals surface area contributed by atoms with E-state index in [0.29, 0.717) is 30.0 Å². The minimum absolute atomic E-state index is 0.0171. The van der Waals surface area contributed by atoms with Crippen molar-refractivity contribution in [2.75, 3.05) is 13.2 Å². The molecule has 1 heterocycles. The first-order valence-corrected chi connectivity index (χ1v) is 7.28. The molecule has 0 aliphatic heterocycles. The summed E-state index contributed by atoms with van der Waals surface area (Å²) < 4.78 is 10.6. The summed E-state index contributed by atoms with van der Waals surface area (Å²) in [6.07, 6.45) is 0.541. The number of amides is 1. The summed E-state index contributed by atoms with van der Waals surface area (Å²) >= 11 is 0. The van der Waals surface area contributed by atoms with E-state index in [1.54, 1.807) is 13.8 Å². The average molecular weight is 296 g/mol. The number of hydrogen-bond donors (Lipinski definition) is 2. The molecule has 2 rings (SSSR count). The number of carbonyl (C=O) groups excluding carboxylic acids is 1. The smallest absolute Gasteiger partial charge is 0.256 e. The second-order valence-electron chi connectivity index (χ2n) is 6.28. The van der Waals surface area contributed by atoms with Crippen molar-refractivity contribution in [3.05, 3.63) is 17.0 Å². The van der Waals surface area contributed by atoms with Crippen LogP contribution in [0.3, 0.4) is 0 Å². The molecule has 0 unspecified atom stereocenters. The van der Waals surface area contributed by atoms with Gasteiger partial charge in [-0.1, -0.05) is 19.0 Å². The van der Waals surface area contributed by atoms with Crippen LogP contribution in [0.15, 0.2) is 4.52 Å². The fourth-order valence-corrected chi connectivity index (χ4v) is 2.88. The lowest BCUT2D eigenvalue weighted by molar-refractivity contribution is -0.237. The van der Waals surface area contributed by atoms with Crippen molar-refractivity contribution in [1.29, 1.82) is 0 Å². The van der Waals surface area contributed by atoms with Crippen LogP contribution in [0.25, 0.3) is 0 Å². The fourth-order valence-electron chi connectivity index (χ4n) is 2.88. The molecular weight excluding hydrogens is 272 g/mol. The Labute approximate surface area is 124 Å². The summed E-state index contributed by atoms with van der Waals surface area (Å²) in [6.45, 7) is 10.1. The Balaban J connectivity index is 1.99. The molecule has 0 aromatic carbocycles. The highest BCUT2D eigenvalue weighted by Gasteiger charge is 2.59. The lowest BCUT2D eigenvalue weighted by atomic mass is 9.56. The predicted molar refractivity (Wildman–Crippen MR) is 77.1 cm³/mol. The molecule has 0 spiro atoms. The van der Waals surface area contributed by atoms with Crippen LogP contribution in [0.1, 0.15) is 49.0 Å². The number of hydrogen-bond acceptors (Lipinski definition) is 5. The summed E-state index contributed by atoms with van der Waals surface area (Å²) in [5.74, 6) is 0.215. The van der Waals surface area contributed by atoms with Crippen LogP contribution in [0, 0.1) is 19.3 Å². The van der Waals surface area contributed by atoms with Crippen LogP contribution in [-0.4, -0.2) is 41.0 Å². The van der Waals surface area contributed by atoms with Gasteiger partial charge < -0.3 is 19.7 Å². The number of nitrogens with zero attached hydrogens (tertiary/aromatic N) is 1. The molecule has 1 aromatic heterocycles. The third-order valence-corrected chi connectivity index (χ3v) is 4.70. The summed E-state index contributed by atoms with van der Waals surface area (Å²) in [6, 6.07) is 0. The molecule has 1 aliphatic rings. The minimum Gasteiger partial charge on any atom is -0.387 e. The Kier molecular flexibility index (Phi) is 4.13. The Morgan fingerprint density at radius 2 is 2.19 bits per heavy atom. The van der Waals surface area contributed by atoms with Crippen molar-refractivity contribution < 1.29 is 19.2 Å². The molecule has 6 nitrogen and oxygen atoms in total. The molecule has 1 fully saturated rings. The first-order chi connectivity index (χ1) is 9.73. The highest BCUT2D eigenvalue weighted by atomic mass is 16.5. The number of carbonyl (C=O) groups is 1. The van der Waals surface area contributed by atoms with Crippen LogP contribution in [-0.2, 0) is 4.74 Å². The zero-order valence-corrected chi connectivity index (χ0v) is 13.3. The van der Waals surface area contributed by atoms with Crippen molar-refractivity contribution in [3.63, 3.8) is 0 Å². The van der Waals surface area contributed by atoms with E-state index in [1.165, 1.54) is 0 Å². The van der Waals surface area contributed by atoms with E-state index >= 15 is 0 Å². The van der Waals surface area contributed by atoms with E-state index in [-0.39, 0.29) is 18.6 Å². The van der Waals surface area contributed by atoms with Gasteiger partial charge in [0.15, 0.2) is 0 Å². The SMILES string of the molecule is CCO[C@@H]1C[C@@](O)(CNC(=O)c2c(C)noc2C)C1(C)C. The summed E-state index contributed by atoms with van der Waals surface area (Å²) in [4.78, 5) is 12.2. The van der Waals surface area contributed by atoms with Crippen molar-refractivity contribution in [1.82, 2.24) is 10.5 Å². The highest BCUT2D eigenvalue weighted by Crippen LogP contribution is 2.50. The van der Waals surface area contributed by atoms with Crippen molar-refractivity contribution in [2.45, 2.75) is 52.7 Å². The number of ether oxygens (including phenoxy) is 1. The monoisotopic (exact) mass is 296 g/mol. The van der Waals surface area contributed by atoms with Crippen LogP contribution >= 0.6 is 0 Å². The first kappa shape index (κ1) is 16.0. The quantitative estimate of drug-likeness (QED) is 0.862. The van der Waals surface area contributed by atoms with Gasteiger partial charge >= 0.3 is 0 Å². The van der Waals surface area contributed by atoms with Crippen LogP contribution in [0.4, 0.5) is 0 Å². The molecule has 118 valence electrons. The van der Waals surface area contributed by atoms with Gasteiger partial charge in [0.1, 0.15) is 11.3 Å². The van der Waals surface area contributed by atoms with E-state index < -0.39 is 11.0 Å². The van der Waals surface area contributed by atoms with Crippen LogP contribution < -0.4 is 5.32 Å². The largest absolute Gasteiger partial charge is 0.387 e. The zero-order valence-electron chi connectivity index (χ0n) is 13.3. The van der Waals surface area contributed by atoms with E-state index in [0.717, 1.165) is 0 Å². The Morgan fingerprint density at radius 3 is 2.67 bits per heavy atom. The predicted octanol–water partition coefficient (Wildman–Crippen LogP) is 1.59. The Hall–Kier alpha value is -1.40. The second-order valence-corrected chi connectivity index (χ2v) is 6.28. The van der Waals surface area contributed by atoms with Crippen LogP contribution in [0.5, 0.6) is 0 Å². The standard InChI is InChI=1S/C15H24N2O4/c1-6-20-11-7-15(19,14(11,4)5)8-16-13(18)12-9(2)17-21-10(12)3/h11,19H,6-8H2,1-5H3,(H,16,18)/t11-,15-/m1/s1. The molecule has 1 amide bonds. The maximum atomic E-state index is 12.2. The van der Waals surface area contributed by atoms with E-state index in [4.69, 9.17) is 9.26 Å². The fraction of sp³-hybridized carbons (Fsp3) is 0.733. The number of rotatable bonds is 5. The topological polar surface area (TPSA) is 84.6 Å². The molecule has 1 aromatic rings. The van der Waals surface area contributed by atoms with Crippen molar-refractivity contribution in [2.24, 2.45) is 5.41 Å². The van der Waals surface area contributed by atoms with Gasteiger partial charge in [-0.3, -0.25) is 4.79 Å². The number of aliphatic hydroxyl groups is 1. The summed E-state index contributed by atoms with van der Waals surface area (Å²) in [5, 5.41) is 17.2. The molecule has 1 saturated carbocycles. The lowest BCUT2D eigenvalue weighted by Gasteiger charge is -2.57. The van der Waals surface area contributed by atoms with Gasteiger partial charge in [0.2, 0.25) is 0 Å². The Morgan fingerprint density at radius 1 is 1.52 bits per heavy atom. The van der Waals surface area contributed by atoms with Gasteiger partial charge in [-0.25, -0.2) is 0 Å². The van der Waals surface area contributed by atoms with Crippen molar-refractivity contribution >= 4 is 5.91 Å². The molecule has 2 N–H and O–H groups in total. The van der Waals surface area contributed by atoms with Gasteiger partial charge in [-0.2, -0.15) is 0 Å². The molecule has 6 heteroatoms. The molecule has 21 heavy (non-hydrogen) atoms. The van der Waals surface area contributed by atoms with Gasteiger partial charge in [-0.05, 0) is 20.8 Å². The summed E-state index contributed by atoms with van der Waals surface area (Å²) in [7, 11) is 0. The van der Waals surface area contributed by atoms with Crippen LogP contribution in [0.2, 0.25) is 0 Å². The van der Waals surface area contributed by atoms with Gasteiger partial charge in [0, 0.05) is 25.0 Å². The maximum absolute atomic E-state index is 12.2. The molecular formula is C15H24N2O4. The summed E-state index contributed by atoms with van der Waals surface area (Å²) in [5.41, 5.74) is -0.356. The second kappa shape index (κ2) is 5.42.